The molecule has 0 aromatic rings. The highest BCUT2D eigenvalue weighted by Crippen LogP contribution is 2.38. The Balaban J connectivity index is 3.24. The number of nitrogens with zero attached hydrogens (tertiary/aromatic N) is 1. The van der Waals surface area contributed by atoms with Crippen LogP contribution in [0, 0.1) is 5.92 Å². The molecule has 1 amide bonds. The minimum absolute atomic E-state index is 0.143. The Bertz CT molecular complexity index is 818. The van der Waals surface area contributed by atoms with Crippen LogP contribution in [0.4, 0.5) is 18.0 Å². The Morgan fingerprint density at radius 1 is 1.17 bits per heavy atom. The SMILES string of the molecule is C=C/C=C(\C=C(/C)C(F)(F)F)S(=O)(=O)C(C)(C)C1CCCN(C(=O)OC(C)(C)C)C1. The summed E-state index contributed by atoms with van der Waals surface area (Å²) in [5, 5.41) is 0. The molecule has 1 fully saturated rings. The smallest absolute Gasteiger partial charge is 0.412 e. The average molecular weight is 452 g/mol. The zero-order valence-corrected chi connectivity index (χ0v) is 19.3. The molecule has 0 aliphatic carbocycles. The molecule has 0 N–H and O–H groups in total. The van der Waals surface area contributed by atoms with Crippen LogP contribution in [0.2, 0.25) is 0 Å². The van der Waals surface area contributed by atoms with Crippen LogP contribution < -0.4 is 0 Å². The Morgan fingerprint density at radius 3 is 2.20 bits per heavy atom. The number of likely N-dealkylation sites (tertiary alicyclic amines) is 1. The first-order valence-electron chi connectivity index (χ1n) is 9.74. The average Bonchev–Trinajstić information content (AvgIpc) is 2.58. The molecule has 1 aliphatic rings. The van der Waals surface area contributed by atoms with Gasteiger partial charge in [-0.25, -0.2) is 13.2 Å². The van der Waals surface area contributed by atoms with Crippen molar-refractivity contribution in [1.82, 2.24) is 4.90 Å². The van der Waals surface area contributed by atoms with Crippen LogP contribution in [-0.4, -0.2) is 49.0 Å². The molecule has 1 aliphatic heterocycles. The van der Waals surface area contributed by atoms with Gasteiger partial charge in [0, 0.05) is 18.7 Å². The van der Waals surface area contributed by atoms with Crippen LogP contribution >= 0.6 is 0 Å². The Kier molecular flexibility index (Phi) is 8.02. The van der Waals surface area contributed by atoms with Gasteiger partial charge in [0.05, 0.1) is 9.65 Å². The largest absolute Gasteiger partial charge is 0.444 e. The van der Waals surface area contributed by atoms with Gasteiger partial charge < -0.3 is 9.64 Å². The topological polar surface area (TPSA) is 63.7 Å². The number of alkyl halides is 3. The molecule has 0 aromatic heterocycles. The minimum Gasteiger partial charge on any atom is -0.444 e. The van der Waals surface area contributed by atoms with Crippen LogP contribution in [0.25, 0.3) is 0 Å². The summed E-state index contributed by atoms with van der Waals surface area (Å²) in [7, 11) is -4.17. The zero-order valence-electron chi connectivity index (χ0n) is 18.5. The van der Waals surface area contributed by atoms with E-state index in [1.54, 1.807) is 20.8 Å². The first-order valence-corrected chi connectivity index (χ1v) is 11.2. The number of carbonyl (C=O) groups excluding carboxylic acids is 1. The van der Waals surface area contributed by atoms with E-state index >= 15 is 0 Å². The van der Waals surface area contributed by atoms with E-state index in [2.05, 4.69) is 6.58 Å². The number of rotatable bonds is 5. The van der Waals surface area contributed by atoms with Gasteiger partial charge in [-0.3, -0.25) is 0 Å². The van der Waals surface area contributed by atoms with Crippen molar-refractivity contribution < 1.29 is 31.1 Å². The van der Waals surface area contributed by atoms with Crippen molar-refractivity contribution in [3.8, 4) is 0 Å². The van der Waals surface area contributed by atoms with Gasteiger partial charge >= 0.3 is 12.3 Å². The third-order valence-corrected chi connectivity index (χ3v) is 7.74. The van der Waals surface area contributed by atoms with E-state index in [9.17, 15) is 26.4 Å². The van der Waals surface area contributed by atoms with Crippen LogP contribution in [-0.2, 0) is 14.6 Å². The van der Waals surface area contributed by atoms with Crippen LogP contribution in [0.5, 0.6) is 0 Å². The van der Waals surface area contributed by atoms with E-state index in [0.29, 0.717) is 25.5 Å². The van der Waals surface area contributed by atoms with E-state index in [4.69, 9.17) is 4.74 Å². The van der Waals surface area contributed by atoms with Crippen LogP contribution in [0.15, 0.2) is 35.3 Å². The summed E-state index contributed by atoms with van der Waals surface area (Å²) >= 11 is 0. The monoisotopic (exact) mass is 451 g/mol. The number of sulfone groups is 1. The lowest BCUT2D eigenvalue weighted by Gasteiger charge is -2.41. The van der Waals surface area contributed by atoms with Gasteiger partial charge in [0.15, 0.2) is 9.84 Å². The summed E-state index contributed by atoms with van der Waals surface area (Å²) < 4.78 is 69.6. The normalized spacial score (nSPS) is 20.2. The van der Waals surface area contributed by atoms with E-state index in [0.717, 1.165) is 19.1 Å². The molecule has 0 radical (unpaired) electrons. The fraction of sp³-hybridized carbons (Fsp3) is 0.667. The van der Waals surface area contributed by atoms with E-state index in [-0.39, 0.29) is 6.54 Å². The van der Waals surface area contributed by atoms with E-state index in [1.807, 2.05) is 0 Å². The van der Waals surface area contributed by atoms with Crippen molar-refractivity contribution in [1.29, 1.82) is 0 Å². The quantitative estimate of drug-likeness (QED) is 0.525. The Morgan fingerprint density at radius 2 is 1.73 bits per heavy atom. The van der Waals surface area contributed by atoms with Gasteiger partial charge in [0.1, 0.15) is 5.60 Å². The van der Waals surface area contributed by atoms with Crippen LogP contribution in [0.3, 0.4) is 0 Å². The first-order chi connectivity index (χ1) is 13.4. The number of amides is 1. The highest BCUT2D eigenvalue weighted by molar-refractivity contribution is 7.96. The maximum atomic E-state index is 13.3. The lowest BCUT2D eigenvalue weighted by Crippen LogP contribution is -2.51. The molecule has 0 saturated carbocycles. The summed E-state index contributed by atoms with van der Waals surface area (Å²) in [4.78, 5) is 13.4. The minimum atomic E-state index is -4.64. The van der Waals surface area contributed by atoms with Crippen molar-refractivity contribution in [2.45, 2.75) is 70.9 Å². The molecule has 9 heteroatoms. The third-order valence-electron chi connectivity index (χ3n) is 5.15. The standard InChI is InChI=1S/C21H32F3NO4S/c1-8-10-17(13-15(2)21(22,23)24)30(27,28)20(6,7)16-11-9-12-25(14-16)18(26)29-19(3,4)5/h8,10,13,16H,1,9,11-12,14H2,2-7H3/b15-13+,17-10+. The van der Waals surface area contributed by atoms with E-state index in [1.165, 1.54) is 18.7 Å². The molecule has 1 saturated heterocycles. The molecule has 1 atom stereocenters. The predicted molar refractivity (Wildman–Crippen MR) is 112 cm³/mol. The van der Waals surface area contributed by atoms with Gasteiger partial charge in [-0.1, -0.05) is 12.7 Å². The number of ether oxygens (including phenoxy) is 1. The van der Waals surface area contributed by atoms with Gasteiger partial charge in [0.2, 0.25) is 0 Å². The molecule has 0 aromatic carbocycles. The number of allylic oxidation sites excluding steroid dienone is 4. The summed E-state index contributed by atoms with van der Waals surface area (Å²) in [5.41, 5.74) is -1.71. The second-order valence-electron chi connectivity index (χ2n) is 9.00. The summed E-state index contributed by atoms with van der Waals surface area (Å²) in [6.07, 6.45) is -1.23. The summed E-state index contributed by atoms with van der Waals surface area (Å²) in [6, 6.07) is 0. The molecule has 172 valence electrons. The molecular formula is C21H32F3NO4S. The maximum Gasteiger partial charge on any atom is 0.412 e. The van der Waals surface area contributed by atoms with Gasteiger partial charge in [-0.05, 0) is 72.5 Å². The summed E-state index contributed by atoms with van der Waals surface area (Å²) in [6.45, 7) is 13.0. The van der Waals surface area contributed by atoms with Crippen molar-refractivity contribution in [3.63, 3.8) is 0 Å². The molecule has 0 bridgehead atoms. The van der Waals surface area contributed by atoms with Crippen molar-refractivity contribution in [3.05, 3.63) is 35.3 Å². The van der Waals surface area contributed by atoms with Crippen molar-refractivity contribution >= 4 is 15.9 Å². The fourth-order valence-corrected chi connectivity index (χ4v) is 5.03. The molecule has 1 rings (SSSR count). The van der Waals surface area contributed by atoms with Crippen molar-refractivity contribution in [2.75, 3.05) is 13.1 Å². The first kappa shape index (κ1) is 26.3. The lowest BCUT2D eigenvalue weighted by atomic mass is 9.87. The molecule has 5 nitrogen and oxygen atoms in total. The fourth-order valence-electron chi connectivity index (χ4n) is 3.19. The number of halogens is 3. The number of piperidine rings is 1. The molecule has 1 heterocycles. The second kappa shape index (κ2) is 9.16. The maximum absolute atomic E-state index is 13.3. The zero-order chi connectivity index (χ0) is 23.5. The highest BCUT2D eigenvalue weighted by Gasteiger charge is 2.46. The molecule has 1 unspecified atom stereocenters. The number of carbonyl (C=O) groups is 1. The second-order valence-corrected chi connectivity index (χ2v) is 11.5. The molecule has 0 spiro atoms. The highest BCUT2D eigenvalue weighted by atomic mass is 32.2. The lowest BCUT2D eigenvalue weighted by molar-refractivity contribution is -0.0913. The van der Waals surface area contributed by atoms with Gasteiger partial charge in [-0.15, -0.1) is 0 Å². The molecule has 30 heavy (non-hydrogen) atoms. The molecular weight excluding hydrogens is 419 g/mol. The number of hydrogen-bond donors (Lipinski definition) is 0. The third kappa shape index (κ3) is 6.36. The van der Waals surface area contributed by atoms with E-state index < -0.39 is 48.9 Å². The van der Waals surface area contributed by atoms with Crippen LogP contribution in [0.1, 0.15) is 54.4 Å². The Hall–Kier alpha value is -1.77. The van der Waals surface area contributed by atoms with Gasteiger partial charge in [0.25, 0.3) is 0 Å². The Labute approximate surface area is 177 Å². The van der Waals surface area contributed by atoms with Gasteiger partial charge in [-0.2, -0.15) is 13.2 Å². The summed E-state index contributed by atoms with van der Waals surface area (Å²) in [5.74, 6) is -0.475. The van der Waals surface area contributed by atoms with Crippen molar-refractivity contribution in [2.24, 2.45) is 5.92 Å². The number of hydrogen-bond acceptors (Lipinski definition) is 4. The predicted octanol–water partition coefficient (Wildman–Crippen LogP) is 5.41.